The molecule has 98 valence electrons. The molecular weight excluding hydrogens is 303 g/mol. The molecule has 4 heteroatoms. The summed E-state index contributed by atoms with van der Waals surface area (Å²) in [6.45, 7) is 0. The van der Waals surface area contributed by atoms with Crippen LogP contribution >= 0.6 is 0 Å². The molecule has 2 nitrogen and oxygen atoms in total. The van der Waals surface area contributed by atoms with Gasteiger partial charge in [0.1, 0.15) is 0 Å². The second-order valence-corrected chi connectivity index (χ2v) is 4.36. The van der Waals surface area contributed by atoms with E-state index in [9.17, 15) is 0 Å². The molecule has 1 aliphatic carbocycles. The molecule has 0 atom stereocenters. The minimum atomic E-state index is -0.222. The molecule has 0 unspecified atom stereocenters. The van der Waals surface area contributed by atoms with E-state index in [2.05, 4.69) is 42.5 Å². The van der Waals surface area contributed by atoms with Crippen LogP contribution in [0.1, 0.15) is 11.1 Å². The van der Waals surface area contributed by atoms with Crippen LogP contribution in [0.5, 0.6) is 0 Å². The Labute approximate surface area is 123 Å². The summed E-state index contributed by atoms with van der Waals surface area (Å²) in [5, 5.41) is 0. The van der Waals surface area contributed by atoms with Crippen LogP contribution in [-0.2, 0) is 30.1 Å². The first-order valence-electron chi connectivity index (χ1n) is 5.29. The number of hydrogen-bond donors (Lipinski definition) is 0. The number of fused-ring (bicyclic) bond motifs is 3. The largest absolute Gasteiger partial charge is 1.00 e. The van der Waals surface area contributed by atoms with Gasteiger partial charge in [-0.2, -0.15) is 29.8 Å². The molecule has 0 bridgehead atoms. The molecule has 0 spiro atoms. The van der Waals surface area contributed by atoms with Gasteiger partial charge < -0.3 is 12.4 Å². The van der Waals surface area contributed by atoms with Crippen LogP contribution in [0, 0.1) is 6.07 Å². The molecule has 1 aliphatic rings. The van der Waals surface area contributed by atoms with Crippen LogP contribution in [0.3, 0.4) is 0 Å². The second-order valence-electron chi connectivity index (χ2n) is 3.63. The predicted molar refractivity (Wildman–Crippen MR) is 64.9 cm³/mol. The van der Waals surface area contributed by atoms with Crippen molar-refractivity contribution in [3.8, 4) is 11.1 Å². The Morgan fingerprint density at radius 1 is 1.00 bits per heavy atom. The summed E-state index contributed by atoms with van der Waals surface area (Å²) in [5.41, 5.74) is 5.51. The standard InChI is InChI=1S/C13H9.2CO.ClH.Fe/c1-3-7-12-10(5-1)9-11-6-2-4-8-13(11)12;2*1-2;;/h1-5,7-8H,9H2;;;1H;/q-1;;;;/p-1. The van der Waals surface area contributed by atoms with Crippen LogP contribution in [-0.4, -0.2) is 9.57 Å². The van der Waals surface area contributed by atoms with Crippen molar-refractivity contribution in [1.82, 2.24) is 0 Å². The Morgan fingerprint density at radius 2 is 1.68 bits per heavy atom. The van der Waals surface area contributed by atoms with Crippen molar-refractivity contribution in [1.29, 1.82) is 0 Å². The van der Waals surface area contributed by atoms with Crippen molar-refractivity contribution in [2.45, 2.75) is 6.42 Å². The minimum absolute atomic E-state index is 0. The van der Waals surface area contributed by atoms with Gasteiger partial charge >= 0.3 is 33.2 Å². The van der Waals surface area contributed by atoms with Gasteiger partial charge in [-0.3, -0.25) is 0 Å². The van der Waals surface area contributed by atoms with Crippen LogP contribution in [0.4, 0.5) is 0 Å². The zero-order valence-electron chi connectivity index (χ0n) is 9.80. The van der Waals surface area contributed by atoms with E-state index in [1.807, 2.05) is 6.07 Å². The minimum Gasteiger partial charge on any atom is -1.00 e. The van der Waals surface area contributed by atoms with E-state index >= 15 is 0 Å². The average Bonchev–Trinajstić information content (AvgIpc) is 2.79. The van der Waals surface area contributed by atoms with Gasteiger partial charge in [-0.15, -0.1) is 5.56 Å². The van der Waals surface area contributed by atoms with Crippen molar-refractivity contribution in [3.63, 3.8) is 0 Å². The monoisotopic (exact) mass is 312 g/mol. The second kappa shape index (κ2) is 7.76. The van der Waals surface area contributed by atoms with Crippen LogP contribution in [0.2, 0.25) is 0 Å². The number of benzene rings is 2. The molecule has 2 aromatic carbocycles. The fraction of sp³-hybridized carbons (Fsp3) is 0.0667. The molecular formula is C15H9ClFeO2-2. The quantitative estimate of drug-likeness (QED) is 0.405. The molecule has 2 aromatic rings. The molecule has 0 N–H and O–H groups in total. The summed E-state index contributed by atoms with van der Waals surface area (Å²) in [4.78, 5) is 20.7. The SMILES string of the molecule is O=[C]=[Fe]=[C]=O.[Cl-].[c-]1cccc2c1Cc1ccccc1-2. The van der Waals surface area contributed by atoms with Gasteiger partial charge in [0.25, 0.3) is 0 Å². The van der Waals surface area contributed by atoms with E-state index in [-0.39, 0.29) is 26.5 Å². The van der Waals surface area contributed by atoms with Crippen molar-refractivity contribution in [2.24, 2.45) is 0 Å². The molecule has 19 heavy (non-hydrogen) atoms. The van der Waals surface area contributed by atoms with E-state index in [1.165, 1.54) is 31.8 Å². The van der Waals surface area contributed by atoms with Gasteiger partial charge in [-0.05, 0) is 6.42 Å². The summed E-state index contributed by atoms with van der Waals surface area (Å²) >= 11 is -0.222. The van der Waals surface area contributed by atoms with Crippen molar-refractivity contribution < 1.29 is 36.1 Å². The first kappa shape index (κ1) is 15.5. The Balaban J connectivity index is 0.000000265. The van der Waals surface area contributed by atoms with Crippen molar-refractivity contribution in [3.05, 3.63) is 59.7 Å². The van der Waals surface area contributed by atoms with Gasteiger partial charge in [-0.25, -0.2) is 0 Å². The number of hydrogen-bond acceptors (Lipinski definition) is 2. The van der Waals surface area contributed by atoms with E-state index < -0.39 is 0 Å². The molecule has 0 heterocycles. The van der Waals surface area contributed by atoms with E-state index in [4.69, 9.17) is 9.59 Å². The first-order chi connectivity index (χ1) is 8.86. The third-order valence-corrected chi connectivity index (χ3v) is 2.91. The first-order valence-corrected chi connectivity index (χ1v) is 6.39. The third kappa shape index (κ3) is 3.68. The van der Waals surface area contributed by atoms with E-state index in [0.717, 1.165) is 6.42 Å². The maximum atomic E-state index is 9.02. The fourth-order valence-corrected chi connectivity index (χ4v) is 2.06. The summed E-state index contributed by atoms with van der Waals surface area (Å²) in [5.74, 6) is 0. The zero-order chi connectivity index (χ0) is 12.8. The molecule has 3 rings (SSSR count). The molecule has 0 aromatic heterocycles. The molecule has 0 amide bonds. The van der Waals surface area contributed by atoms with Gasteiger partial charge in [0.05, 0.1) is 0 Å². The topological polar surface area (TPSA) is 34.1 Å². The molecule has 0 fully saturated rings. The fourth-order valence-electron chi connectivity index (χ4n) is 2.01. The molecule has 0 saturated carbocycles. The predicted octanol–water partition coefficient (Wildman–Crippen LogP) is -0.735. The Hall–Kier alpha value is -1.59. The maximum absolute atomic E-state index is 9.02. The Morgan fingerprint density at radius 3 is 2.37 bits per heavy atom. The van der Waals surface area contributed by atoms with Gasteiger partial charge in [-0.1, -0.05) is 35.4 Å². The number of halogens is 1. The number of rotatable bonds is 0. The van der Waals surface area contributed by atoms with Crippen molar-refractivity contribution >= 4 is 9.57 Å². The average molecular weight is 313 g/mol. The smallest absolute Gasteiger partial charge is 0.0253 e. The maximum Gasteiger partial charge on any atom is -0.0253 e. The van der Waals surface area contributed by atoms with Crippen molar-refractivity contribution in [2.75, 3.05) is 0 Å². The van der Waals surface area contributed by atoms with E-state index in [1.54, 1.807) is 0 Å². The van der Waals surface area contributed by atoms with Crippen LogP contribution in [0.15, 0.2) is 42.5 Å². The number of carbonyl (C=O) groups excluding carboxylic acids is 2. The molecule has 0 radical (unpaired) electrons. The van der Waals surface area contributed by atoms with Gasteiger partial charge in [0.2, 0.25) is 0 Å². The van der Waals surface area contributed by atoms with Crippen LogP contribution < -0.4 is 12.4 Å². The summed E-state index contributed by atoms with van der Waals surface area (Å²) in [6.07, 6.45) is 1.05. The Kier molecular flexibility index (Phi) is 6.32. The summed E-state index contributed by atoms with van der Waals surface area (Å²) in [7, 11) is 0. The van der Waals surface area contributed by atoms with Crippen LogP contribution in [0.25, 0.3) is 11.1 Å². The van der Waals surface area contributed by atoms with Gasteiger partial charge in [0, 0.05) is 0 Å². The van der Waals surface area contributed by atoms with Gasteiger partial charge in [0.15, 0.2) is 0 Å². The van der Waals surface area contributed by atoms with E-state index in [0.29, 0.717) is 0 Å². The molecule has 0 saturated heterocycles. The summed E-state index contributed by atoms with van der Waals surface area (Å²) < 4.78 is 0. The third-order valence-electron chi connectivity index (χ3n) is 2.69. The normalized spacial score (nSPS) is 9.68. The Bertz CT molecular complexity index is 625. The molecule has 0 aliphatic heterocycles. The zero-order valence-corrected chi connectivity index (χ0v) is 11.7. The summed E-state index contributed by atoms with van der Waals surface area (Å²) in [6, 6.07) is 18.1.